The van der Waals surface area contributed by atoms with E-state index < -0.39 is 5.76 Å². The molecule has 1 rings (SSSR count). The van der Waals surface area contributed by atoms with E-state index >= 15 is 0 Å². The monoisotopic (exact) mass is 172 g/mol. The zero-order valence-electron chi connectivity index (χ0n) is 6.99. The van der Waals surface area contributed by atoms with Crippen LogP contribution in [0.25, 0.3) is 0 Å². The maximum absolute atomic E-state index is 10.9. The molecular formula is C7H12N2O3. The third-order valence-corrected chi connectivity index (χ3v) is 1.66. The minimum absolute atomic E-state index is 0.152. The summed E-state index contributed by atoms with van der Waals surface area (Å²) < 4.78 is 5.87. The van der Waals surface area contributed by atoms with Crippen LogP contribution >= 0.6 is 0 Å². The lowest BCUT2D eigenvalue weighted by Crippen LogP contribution is -2.15. The highest BCUT2D eigenvalue weighted by Crippen LogP contribution is 1.94. The van der Waals surface area contributed by atoms with Crippen LogP contribution in [0.3, 0.4) is 0 Å². The smallest absolute Gasteiger partial charge is 0.396 e. The predicted octanol–water partition coefficient (Wildman–Crippen LogP) is -0.0828. The molecule has 1 N–H and O–H groups in total. The van der Waals surface area contributed by atoms with Gasteiger partial charge in [0, 0.05) is 13.2 Å². The second-order valence-corrected chi connectivity index (χ2v) is 2.58. The van der Waals surface area contributed by atoms with Gasteiger partial charge in [0.25, 0.3) is 0 Å². The molecule has 12 heavy (non-hydrogen) atoms. The van der Waals surface area contributed by atoms with Gasteiger partial charge in [-0.2, -0.15) is 0 Å². The second-order valence-electron chi connectivity index (χ2n) is 2.58. The summed E-state index contributed by atoms with van der Waals surface area (Å²) in [7, 11) is 0. The molecule has 0 saturated carbocycles. The van der Waals surface area contributed by atoms with Crippen LogP contribution in [-0.2, 0) is 6.54 Å². The number of aliphatic hydroxyl groups is 1. The summed E-state index contributed by atoms with van der Waals surface area (Å²) in [6, 6.07) is 0. The quantitative estimate of drug-likeness (QED) is 0.645. The van der Waals surface area contributed by atoms with E-state index in [9.17, 15) is 4.79 Å². The van der Waals surface area contributed by atoms with Crippen molar-refractivity contribution < 1.29 is 9.63 Å². The van der Waals surface area contributed by atoms with Gasteiger partial charge in [-0.25, -0.2) is 4.79 Å². The molecular weight excluding hydrogens is 160 g/mol. The molecule has 0 radical (unpaired) electrons. The Morgan fingerprint density at radius 3 is 2.83 bits per heavy atom. The van der Waals surface area contributed by atoms with Gasteiger partial charge in [0.15, 0.2) is 5.82 Å². The lowest BCUT2D eigenvalue weighted by molar-refractivity contribution is 0.280. The molecule has 1 heterocycles. The topological polar surface area (TPSA) is 68.3 Å². The summed E-state index contributed by atoms with van der Waals surface area (Å²) in [4.78, 5) is 10.9. The number of unbranched alkanes of at least 4 members (excludes halogenated alkanes) is 1. The number of aryl methyl sites for hydroxylation is 1. The Bertz CT molecular complexity index is 289. The van der Waals surface area contributed by atoms with Crippen molar-refractivity contribution in [1.82, 2.24) is 9.72 Å². The highest BCUT2D eigenvalue weighted by atomic mass is 16.5. The maximum atomic E-state index is 10.9. The van der Waals surface area contributed by atoms with Crippen molar-refractivity contribution in [2.45, 2.75) is 26.3 Å². The third-order valence-electron chi connectivity index (χ3n) is 1.66. The number of nitrogens with zero attached hydrogens (tertiary/aromatic N) is 2. The summed E-state index contributed by atoms with van der Waals surface area (Å²) in [6.07, 6.45) is 1.45. The molecule has 0 bridgehead atoms. The standard InChI is InChI=1S/C7H12N2O3/c1-6-8-12-7(11)9(6)4-2-3-5-10/h10H,2-5H2,1H3. The van der Waals surface area contributed by atoms with E-state index in [1.165, 1.54) is 4.57 Å². The molecule has 5 nitrogen and oxygen atoms in total. The zero-order valence-corrected chi connectivity index (χ0v) is 6.99. The molecule has 1 aromatic rings. The van der Waals surface area contributed by atoms with Crippen molar-refractivity contribution >= 4 is 0 Å². The van der Waals surface area contributed by atoms with Crippen molar-refractivity contribution in [3.8, 4) is 0 Å². The molecule has 0 aromatic carbocycles. The predicted molar refractivity (Wildman–Crippen MR) is 41.8 cm³/mol. The average molecular weight is 172 g/mol. The molecule has 0 atom stereocenters. The Morgan fingerprint density at radius 2 is 2.33 bits per heavy atom. The van der Waals surface area contributed by atoms with E-state index in [-0.39, 0.29) is 6.61 Å². The fourth-order valence-corrected chi connectivity index (χ4v) is 0.971. The summed E-state index contributed by atoms with van der Waals surface area (Å²) in [5, 5.41) is 12.0. The van der Waals surface area contributed by atoms with Crippen LogP contribution in [0.4, 0.5) is 0 Å². The highest BCUT2D eigenvalue weighted by molar-refractivity contribution is 4.77. The molecule has 0 aliphatic carbocycles. The molecule has 5 heteroatoms. The number of aliphatic hydroxyl groups excluding tert-OH is 1. The first-order valence-electron chi connectivity index (χ1n) is 3.89. The number of hydrogen-bond donors (Lipinski definition) is 1. The van der Waals surface area contributed by atoms with E-state index in [0.29, 0.717) is 18.8 Å². The fourth-order valence-electron chi connectivity index (χ4n) is 0.971. The van der Waals surface area contributed by atoms with Gasteiger partial charge in [-0.15, -0.1) is 0 Å². The van der Waals surface area contributed by atoms with Crippen LogP contribution in [0, 0.1) is 6.92 Å². The van der Waals surface area contributed by atoms with Gasteiger partial charge < -0.3 is 5.11 Å². The lowest BCUT2D eigenvalue weighted by atomic mass is 10.3. The number of rotatable bonds is 4. The van der Waals surface area contributed by atoms with Crippen LogP contribution in [0.2, 0.25) is 0 Å². The Balaban J connectivity index is 2.56. The molecule has 68 valence electrons. The minimum Gasteiger partial charge on any atom is -0.396 e. The first-order valence-corrected chi connectivity index (χ1v) is 3.89. The van der Waals surface area contributed by atoms with Gasteiger partial charge >= 0.3 is 5.76 Å². The van der Waals surface area contributed by atoms with Crippen molar-refractivity contribution in [2.24, 2.45) is 0 Å². The summed E-state index contributed by atoms with van der Waals surface area (Å²) in [5.74, 6) is 0.156. The summed E-state index contributed by atoms with van der Waals surface area (Å²) in [5.41, 5.74) is 0. The zero-order chi connectivity index (χ0) is 8.97. The third kappa shape index (κ3) is 1.94. The Morgan fingerprint density at radius 1 is 1.58 bits per heavy atom. The molecule has 0 unspecified atom stereocenters. The van der Waals surface area contributed by atoms with Crippen LogP contribution in [0.5, 0.6) is 0 Å². The normalized spacial score (nSPS) is 10.5. The molecule has 0 aliphatic rings. The van der Waals surface area contributed by atoms with Crippen molar-refractivity contribution in [1.29, 1.82) is 0 Å². The van der Waals surface area contributed by atoms with Crippen molar-refractivity contribution in [2.75, 3.05) is 6.61 Å². The van der Waals surface area contributed by atoms with E-state index in [4.69, 9.17) is 5.11 Å². The van der Waals surface area contributed by atoms with Gasteiger partial charge in [0.05, 0.1) is 0 Å². The maximum Gasteiger partial charge on any atom is 0.441 e. The van der Waals surface area contributed by atoms with Crippen LogP contribution in [-0.4, -0.2) is 21.4 Å². The molecule has 0 amide bonds. The van der Waals surface area contributed by atoms with Gasteiger partial charge in [-0.1, -0.05) is 5.16 Å². The largest absolute Gasteiger partial charge is 0.441 e. The minimum atomic E-state index is -0.426. The van der Waals surface area contributed by atoms with Crippen LogP contribution < -0.4 is 5.76 Å². The van der Waals surface area contributed by atoms with Gasteiger partial charge in [0.2, 0.25) is 0 Å². The lowest BCUT2D eigenvalue weighted by Gasteiger charge is -1.98. The second kappa shape index (κ2) is 4.06. The molecule has 1 aromatic heterocycles. The highest BCUT2D eigenvalue weighted by Gasteiger charge is 2.03. The van der Waals surface area contributed by atoms with Crippen molar-refractivity contribution in [3.05, 3.63) is 16.4 Å². The molecule has 0 fully saturated rings. The van der Waals surface area contributed by atoms with E-state index in [1.54, 1.807) is 6.92 Å². The van der Waals surface area contributed by atoms with Gasteiger partial charge in [-0.3, -0.25) is 9.09 Å². The first-order chi connectivity index (χ1) is 5.75. The van der Waals surface area contributed by atoms with E-state index in [1.807, 2.05) is 0 Å². The number of hydrogen-bond acceptors (Lipinski definition) is 4. The number of aromatic nitrogens is 2. The molecule has 0 aliphatic heterocycles. The fraction of sp³-hybridized carbons (Fsp3) is 0.714. The van der Waals surface area contributed by atoms with E-state index in [2.05, 4.69) is 9.68 Å². The Kier molecular flexibility index (Phi) is 3.04. The summed E-state index contributed by atoms with van der Waals surface area (Å²) >= 11 is 0. The van der Waals surface area contributed by atoms with Crippen LogP contribution in [0.1, 0.15) is 18.7 Å². The summed E-state index contributed by atoms with van der Waals surface area (Å²) in [6.45, 7) is 2.43. The van der Waals surface area contributed by atoms with Gasteiger partial charge in [0.1, 0.15) is 0 Å². The van der Waals surface area contributed by atoms with Gasteiger partial charge in [-0.05, 0) is 19.8 Å². The molecule has 0 saturated heterocycles. The molecule has 0 spiro atoms. The Hall–Kier alpha value is -1.10. The average Bonchev–Trinajstić information content (AvgIpc) is 2.35. The first kappa shape index (κ1) is 8.99. The van der Waals surface area contributed by atoms with Crippen LogP contribution in [0.15, 0.2) is 9.32 Å². The van der Waals surface area contributed by atoms with E-state index in [0.717, 1.165) is 6.42 Å². The Labute approximate surface area is 69.6 Å². The van der Waals surface area contributed by atoms with Crippen molar-refractivity contribution in [3.63, 3.8) is 0 Å². The SMILES string of the molecule is Cc1noc(=O)n1CCCCO.